The summed E-state index contributed by atoms with van der Waals surface area (Å²) in [6.45, 7) is 1.48. The van der Waals surface area contributed by atoms with Gasteiger partial charge < -0.3 is 9.64 Å². The standard InChI is InChI=1S/C11H15ClFNO/c1-14(6-5-12)8-9-3-4-11(15-2)10(13)7-9/h3-4,7H,5-6,8H2,1-2H3. The minimum atomic E-state index is -0.325. The van der Waals surface area contributed by atoms with Crippen molar-refractivity contribution in [2.24, 2.45) is 0 Å². The lowest BCUT2D eigenvalue weighted by molar-refractivity contribution is 0.345. The maximum atomic E-state index is 13.3. The van der Waals surface area contributed by atoms with Gasteiger partial charge in [0.05, 0.1) is 7.11 Å². The number of hydrogen-bond donors (Lipinski definition) is 0. The molecule has 1 aromatic rings. The molecular formula is C11H15ClFNO. The molecule has 0 radical (unpaired) electrons. The van der Waals surface area contributed by atoms with Crippen LogP contribution in [0.25, 0.3) is 0 Å². The molecule has 0 aliphatic carbocycles. The Bertz CT molecular complexity index is 319. The number of halogens is 2. The normalized spacial score (nSPS) is 10.7. The van der Waals surface area contributed by atoms with E-state index < -0.39 is 0 Å². The van der Waals surface area contributed by atoms with E-state index in [4.69, 9.17) is 16.3 Å². The van der Waals surface area contributed by atoms with Crippen LogP contribution in [0.4, 0.5) is 4.39 Å². The van der Waals surface area contributed by atoms with Crippen molar-refractivity contribution in [2.75, 3.05) is 26.6 Å². The zero-order valence-electron chi connectivity index (χ0n) is 8.96. The van der Waals surface area contributed by atoms with Gasteiger partial charge in [0.1, 0.15) is 0 Å². The van der Waals surface area contributed by atoms with E-state index in [0.29, 0.717) is 12.4 Å². The van der Waals surface area contributed by atoms with Gasteiger partial charge in [-0.25, -0.2) is 4.39 Å². The highest BCUT2D eigenvalue weighted by atomic mass is 35.5. The largest absolute Gasteiger partial charge is 0.494 e. The first-order chi connectivity index (χ1) is 7.17. The minimum Gasteiger partial charge on any atom is -0.494 e. The van der Waals surface area contributed by atoms with Crippen molar-refractivity contribution in [3.8, 4) is 5.75 Å². The van der Waals surface area contributed by atoms with Crippen LogP contribution in [0.3, 0.4) is 0 Å². The van der Waals surface area contributed by atoms with Crippen molar-refractivity contribution < 1.29 is 9.13 Å². The molecule has 4 heteroatoms. The van der Waals surface area contributed by atoms with Gasteiger partial charge in [0.2, 0.25) is 0 Å². The lowest BCUT2D eigenvalue weighted by atomic mass is 10.2. The van der Waals surface area contributed by atoms with Gasteiger partial charge in [0.15, 0.2) is 11.6 Å². The van der Waals surface area contributed by atoms with Crippen LogP contribution >= 0.6 is 11.6 Å². The number of benzene rings is 1. The number of methoxy groups -OCH3 is 1. The van der Waals surface area contributed by atoms with Crippen LogP contribution in [0.5, 0.6) is 5.75 Å². The van der Waals surface area contributed by atoms with E-state index in [1.54, 1.807) is 6.07 Å². The smallest absolute Gasteiger partial charge is 0.165 e. The van der Waals surface area contributed by atoms with Gasteiger partial charge in [0.25, 0.3) is 0 Å². The summed E-state index contributed by atoms with van der Waals surface area (Å²) in [6.07, 6.45) is 0. The molecule has 0 fully saturated rings. The summed E-state index contributed by atoms with van der Waals surface area (Å²) in [5.74, 6) is 0.530. The average molecular weight is 232 g/mol. The molecule has 0 saturated carbocycles. The van der Waals surface area contributed by atoms with Crippen LogP contribution in [-0.2, 0) is 6.54 Å². The van der Waals surface area contributed by atoms with Crippen molar-refractivity contribution in [2.45, 2.75) is 6.54 Å². The van der Waals surface area contributed by atoms with Gasteiger partial charge >= 0.3 is 0 Å². The first kappa shape index (κ1) is 12.3. The van der Waals surface area contributed by atoms with E-state index in [1.807, 2.05) is 18.0 Å². The fourth-order valence-electron chi connectivity index (χ4n) is 1.34. The van der Waals surface area contributed by atoms with Crippen LogP contribution in [0.1, 0.15) is 5.56 Å². The molecule has 0 amide bonds. The van der Waals surface area contributed by atoms with E-state index in [2.05, 4.69) is 0 Å². The monoisotopic (exact) mass is 231 g/mol. The fraction of sp³-hybridized carbons (Fsp3) is 0.455. The van der Waals surface area contributed by atoms with Crippen LogP contribution in [0.2, 0.25) is 0 Å². The number of nitrogens with zero attached hydrogens (tertiary/aromatic N) is 1. The zero-order chi connectivity index (χ0) is 11.3. The van der Waals surface area contributed by atoms with E-state index >= 15 is 0 Å². The Balaban J connectivity index is 2.66. The summed E-state index contributed by atoms with van der Waals surface area (Å²) >= 11 is 5.61. The molecule has 1 rings (SSSR count). The first-order valence-electron chi connectivity index (χ1n) is 4.74. The topological polar surface area (TPSA) is 12.5 Å². The second-order valence-electron chi connectivity index (χ2n) is 3.40. The van der Waals surface area contributed by atoms with Crippen molar-refractivity contribution in [3.05, 3.63) is 29.6 Å². The Morgan fingerprint density at radius 3 is 2.73 bits per heavy atom. The molecule has 0 saturated heterocycles. The highest BCUT2D eigenvalue weighted by molar-refractivity contribution is 6.18. The molecule has 2 nitrogen and oxygen atoms in total. The molecule has 0 unspecified atom stereocenters. The maximum absolute atomic E-state index is 13.3. The zero-order valence-corrected chi connectivity index (χ0v) is 9.72. The molecule has 0 atom stereocenters. The number of ether oxygens (including phenoxy) is 1. The maximum Gasteiger partial charge on any atom is 0.165 e. The number of rotatable bonds is 5. The van der Waals surface area contributed by atoms with Crippen molar-refractivity contribution in [1.29, 1.82) is 0 Å². The van der Waals surface area contributed by atoms with E-state index in [1.165, 1.54) is 13.2 Å². The third-order valence-electron chi connectivity index (χ3n) is 2.13. The number of alkyl halides is 1. The van der Waals surface area contributed by atoms with Crippen LogP contribution in [0, 0.1) is 5.82 Å². The van der Waals surface area contributed by atoms with Crippen LogP contribution < -0.4 is 4.74 Å². The van der Waals surface area contributed by atoms with Gasteiger partial charge in [-0.1, -0.05) is 6.07 Å². The molecule has 0 aliphatic rings. The van der Waals surface area contributed by atoms with Crippen LogP contribution in [-0.4, -0.2) is 31.5 Å². The fourth-order valence-corrected chi connectivity index (χ4v) is 1.63. The molecule has 0 N–H and O–H groups in total. The quantitative estimate of drug-likeness (QED) is 0.722. The summed E-state index contributed by atoms with van der Waals surface area (Å²) in [5.41, 5.74) is 0.918. The molecule has 1 aromatic carbocycles. The predicted octanol–water partition coefficient (Wildman–Crippen LogP) is 2.50. The van der Waals surface area contributed by atoms with E-state index in [-0.39, 0.29) is 11.6 Å². The minimum absolute atomic E-state index is 0.277. The van der Waals surface area contributed by atoms with Crippen molar-refractivity contribution in [1.82, 2.24) is 4.90 Å². The predicted molar refractivity (Wildman–Crippen MR) is 60.0 cm³/mol. The summed E-state index contributed by atoms with van der Waals surface area (Å²) in [6, 6.07) is 4.98. The Morgan fingerprint density at radius 2 is 2.20 bits per heavy atom. The van der Waals surface area contributed by atoms with Crippen molar-refractivity contribution in [3.63, 3.8) is 0 Å². The summed E-state index contributed by atoms with van der Waals surface area (Å²) in [4.78, 5) is 2.04. The SMILES string of the molecule is COc1ccc(CN(C)CCCl)cc1F. The van der Waals surface area contributed by atoms with Gasteiger partial charge in [0, 0.05) is 19.0 Å². The van der Waals surface area contributed by atoms with Gasteiger partial charge in [-0.2, -0.15) is 0 Å². The van der Waals surface area contributed by atoms with Gasteiger partial charge in [-0.05, 0) is 24.7 Å². The second-order valence-corrected chi connectivity index (χ2v) is 3.77. The molecule has 0 spiro atoms. The molecule has 84 valence electrons. The average Bonchev–Trinajstić information content (AvgIpc) is 2.18. The summed E-state index contributed by atoms with van der Waals surface area (Å²) in [7, 11) is 3.40. The van der Waals surface area contributed by atoms with Crippen LogP contribution in [0.15, 0.2) is 18.2 Å². The third-order valence-corrected chi connectivity index (χ3v) is 2.30. The molecule has 0 bridgehead atoms. The third kappa shape index (κ3) is 3.68. The van der Waals surface area contributed by atoms with E-state index in [0.717, 1.165) is 12.1 Å². The highest BCUT2D eigenvalue weighted by Crippen LogP contribution is 2.18. The molecule has 0 aromatic heterocycles. The lowest BCUT2D eigenvalue weighted by Gasteiger charge is -2.15. The Morgan fingerprint density at radius 1 is 1.47 bits per heavy atom. The Labute approximate surface area is 94.6 Å². The second kappa shape index (κ2) is 5.93. The summed E-state index contributed by atoms with van der Waals surface area (Å²) in [5, 5.41) is 0. The highest BCUT2D eigenvalue weighted by Gasteiger charge is 2.05. The molecule has 0 heterocycles. The first-order valence-corrected chi connectivity index (χ1v) is 5.27. The molecular weight excluding hydrogens is 217 g/mol. The Kier molecular flexibility index (Phi) is 4.85. The van der Waals surface area contributed by atoms with Crippen molar-refractivity contribution >= 4 is 11.6 Å². The van der Waals surface area contributed by atoms with Gasteiger partial charge in [-0.15, -0.1) is 11.6 Å². The van der Waals surface area contributed by atoms with E-state index in [9.17, 15) is 4.39 Å². The number of hydrogen-bond acceptors (Lipinski definition) is 2. The summed E-state index contributed by atoms with van der Waals surface area (Å²) < 4.78 is 18.2. The molecule has 15 heavy (non-hydrogen) atoms. The Hall–Kier alpha value is -0.800. The van der Waals surface area contributed by atoms with Gasteiger partial charge in [-0.3, -0.25) is 0 Å². The molecule has 0 aliphatic heterocycles. The lowest BCUT2D eigenvalue weighted by Crippen LogP contribution is -2.20.